The second-order valence-corrected chi connectivity index (χ2v) is 7.71. The van der Waals surface area contributed by atoms with Gasteiger partial charge < -0.3 is 10.6 Å². The van der Waals surface area contributed by atoms with Gasteiger partial charge in [0.25, 0.3) is 5.91 Å². The van der Waals surface area contributed by atoms with Gasteiger partial charge in [-0.2, -0.15) is 0 Å². The van der Waals surface area contributed by atoms with Crippen molar-refractivity contribution in [3.05, 3.63) is 64.2 Å². The fourth-order valence-corrected chi connectivity index (χ4v) is 4.43. The maximum absolute atomic E-state index is 13.1. The van der Waals surface area contributed by atoms with E-state index in [9.17, 15) is 14.4 Å². The van der Waals surface area contributed by atoms with E-state index in [-0.39, 0.29) is 18.4 Å². The van der Waals surface area contributed by atoms with Crippen LogP contribution in [-0.4, -0.2) is 29.3 Å². The summed E-state index contributed by atoms with van der Waals surface area (Å²) in [4.78, 5) is 39.3. The number of urea groups is 1. The van der Waals surface area contributed by atoms with E-state index in [0.717, 1.165) is 44.8 Å². The SMILES string of the molecule is Cc1cc(C)c(NC(=O)CN2C(=O)NC3(CCc4ccccc43)C2=O)c(C)c1. The molecule has 1 saturated heterocycles. The van der Waals surface area contributed by atoms with E-state index in [1.54, 1.807) is 0 Å². The lowest BCUT2D eigenvalue weighted by atomic mass is 9.92. The summed E-state index contributed by atoms with van der Waals surface area (Å²) < 4.78 is 0. The molecule has 144 valence electrons. The van der Waals surface area contributed by atoms with Crippen molar-refractivity contribution in [2.45, 2.75) is 39.2 Å². The van der Waals surface area contributed by atoms with Gasteiger partial charge in [0.1, 0.15) is 12.1 Å². The molecule has 2 aromatic carbocycles. The minimum Gasteiger partial charge on any atom is -0.324 e. The van der Waals surface area contributed by atoms with Crippen LogP contribution < -0.4 is 10.6 Å². The molecule has 28 heavy (non-hydrogen) atoms. The summed E-state index contributed by atoms with van der Waals surface area (Å²) in [5, 5.41) is 5.70. The van der Waals surface area contributed by atoms with Gasteiger partial charge in [-0.05, 0) is 55.9 Å². The summed E-state index contributed by atoms with van der Waals surface area (Å²) >= 11 is 0. The number of hydrogen-bond donors (Lipinski definition) is 2. The number of nitrogens with zero attached hydrogens (tertiary/aromatic N) is 1. The third kappa shape index (κ3) is 2.76. The van der Waals surface area contributed by atoms with Gasteiger partial charge in [0, 0.05) is 5.69 Å². The number of carbonyl (C=O) groups is 3. The second kappa shape index (κ2) is 6.48. The average molecular weight is 377 g/mol. The van der Waals surface area contributed by atoms with E-state index in [0.29, 0.717) is 6.42 Å². The molecule has 1 unspecified atom stereocenters. The van der Waals surface area contributed by atoms with Crippen LogP contribution in [0.2, 0.25) is 0 Å². The molecule has 0 aromatic heterocycles. The summed E-state index contributed by atoms with van der Waals surface area (Å²) in [6, 6.07) is 11.1. The number of carbonyl (C=O) groups excluding carboxylic acids is 3. The Hall–Kier alpha value is -3.15. The topological polar surface area (TPSA) is 78.5 Å². The van der Waals surface area contributed by atoms with Gasteiger partial charge in [-0.25, -0.2) is 4.79 Å². The van der Waals surface area contributed by atoms with E-state index in [2.05, 4.69) is 10.6 Å². The summed E-state index contributed by atoms with van der Waals surface area (Å²) in [5.74, 6) is -0.739. The lowest BCUT2D eigenvalue weighted by molar-refractivity contribution is -0.134. The van der Waals surface area contributed by atoms with Crippen molar-refractivity contribution in [1.29, 1.82) is 0 Å². The van der Waals surface area contributed by atoms with Gasteiger partial charge in [-0.3, -0.25) is 14.5 Å². The molecule has 1 spiro atoms. The second-order valence-electron chi connectivity index (χ2n) is 7.71. The molecule has 0 saturated carbocycles. The average Bonchev–Trinajstić information content (AvgIpc) is 3.12. The first kappa shape index (κ1) is 18.2. The Morgan fingerprint density at radius 3 is 2.54 bits per heavy atom. The van der Waals surface area contributed by atoms with Crippen LogP contribution >= 0.6 is 0 Å². The lowest BCUT2D eigenvalue weighted by Crippen LogP contribution is -2.43. The molecule has 6 heteroatoms. The smallest absolute Gasteiger partial charge is 0.324 e. The van der Waals surface area contributed by atoms with Crippen LogP contribution in [-0.2, 0) is 21.5 Å². The van der Waals surface area contributed by atoms with Gasteiger partial charge in [0.15, 0.2) is 0 Å². The molecule has 1 aliphatic carbocycles. The highest BCUT2D eigenvalue weighted by atomic mass is 16.2. The maximum atomic E-state index is 13.1. The van der Waals surface area contributed by atoms with Gasteiger partial charge in [0.05, 0.1) is 0 Å². The van der Waals surface area contributed by atoms with E-state index < -0.39 is 11.6 Å². The minimum atomic E-state index is -1.04. The molecule has 0 radical (unpaired) electrons. The minimum absolute atomic E-state index is 0.304. The number of fused-ring (bicyclic) bond motifs is 2. The Kier molecular flexibility index (Phi) is 4.22. The summed E-state index contributed by atoms with van der Waals surface area (Å²) in [6.07, 6.45) is 1.25. The van der Waals surface area contributed by atoms with Crippen molar-refractivity contribution in [2.24, 2.45) is 0 Å². The maximum Gasteiger partial charge on any atom is 0.325 e. The van der Waals surface area contributed by atoms with Crippen LogP contribution in [0.25, 0.3) is 0 Å². The van der Waals surface area contributed by atoms with E-state index in [1.165, 1.54) is 0 Å². The van der Waals surface area contributed by atoms with Gasteiger partial charge in [0.2, 0.25) is 5.91 Å². The Morgan fingerprint density at radius 2 is 1.82 bits per heavy atom. The molecule has 6 nitrogen and oxygen atoms in total. The van der Waals surface area contributed by atoms with Crippen LogP contribution in [0, 0.1) is 20.8 Å². The Balaban J connectivity index is 1.54. The van der Waals surface area contributed by atoms with Crippen molar-refractivity contribution >= 4 is 23.5 Å². The molecule has 4 amide bonds. The predicted octanol–water partition coefficient (Wildman–Crippen LogP) is 2.94. The molecule has 1 fully saturated rings. The van der Waals surface area contributed by atoms with Crippen LogP contribution in [0.4, 0.5) is 10.5 Å². The van der Waals surface area contributed by atoms with Crippen molar-refractivity contribution in [3.63, 3.8) is 0 Å². The summed E-state index contributed by atoms with van der Waals surface area (Å²) in [5.41, 5.74) is 4.60. The zero-order valence-corrected chi connectivity index (χ0v) is 16.3. The first-order chi connectivity index (χ1) is 13.3. The lowest BCUT2D eigenvalue weighted by Gasteiger charge is -2.22. The zero-order valence-electron chi connectivity index (χ0n) is 16.3. The van der Waals surface area contributed by atoms with Gasteiger partial charge in [-0.15, -0.1) is 0 Å². The van der Waals surface area contributed by atoms with E-state index in [4.69, 9.17) is 0 Å². The highest BCUT2D eigenvalue weighted by Gasteiger charge is 2.55. The molecule has 2 N–H and O–H groups in total. The highest BCUT2D eigenvalue weighted by Crippen LogP contribution is 2.41. The number of amides is 4. The largest absolute Gasteiger partial charge is 0.325 e. The van der Waals surface area contributed by atoms with Crippen molar-refractivity contribution in [2.75, 3.05) is 11.9 Å². The molecule has 1 atom stereocenters. The Bertz CT molecular complexity index is 991. The van der Waals surface area contributed by atoms with E-state index >= 15 is 0 Å². The zero-order chi connectivity index (χ0) is 20.1. The van der Waals surface area contributed by atoms with Gasteiger partial charge in [-0.1, -0.05) is 42.0 Å². The number of benzene rings is 2. The third-order valence-electron chi connectivity index (χ3n) is 5.67. The Morgan fingerprint density at radius 1 is 1.14 bits per heavy atom. The molecule has 2 aromatic rings. The van der Waals surface area contributed by atoms with Crippen molar-refractivity contribution < 1.29 is 14.4 Å². The van der Waals surface area contributed by atoms with Crippen LogP contribution in [0.1, 0.15) is 34.2 Å². The van der Waals surface area contributed by atoms with E-state index in [1.807, 2.05) is 57.2 Å². The molecule has 1 aliphatic heterocycles. The molecule has 1 heterocycles. The quantitative estimate of drug-likeness (QED) is 0.808. The third-order valence-corrected chi connectivity index (χ3v) is 5.67. The number of rotatable bonds is 3. The highest BCUT2D eigenvalue weighted by molar-refractivity contribution is 6.11. The molecular formula is C22H23N3O3. The number of nitrogens with one attached hydrogen (secondary N) is 2. The first-order valence-corrected chi connectivity index (χ1v) is 9.42. The molecule has 4 rings (SSSR count). The Labute approximate surface area is 163 Å². The van der Waals surface area contributed by atoms with Gasteiger partial charge >= 0.3 is 6.03 Å². The van der Waals surface area contributed by atoms with Crippen molar-refractivity contribution in [3.8, 4) is 0 Å². The predicted molar refractivity (Wildman–Crippen MR) is 106 cm³/mol. The van der Waals surface area contributed by atoms with Crippen molar-refractivity contribution in [1.82, 2.24) is 10.2 Å². The van der Waals surface area contributed by atoms with Crippen LogP contribution in [0.3, 0.4) is 0 Å². The summed E-state index contributed by atoms with van der Waals surface area (Å²) in [7, 11) is 0. The fourth-order valence-electron chi connectivity index (χ4n) is 4.43. The molecular weight excluding hydrogens is 354 g/mol. The number of aryl methyl sites for hydroxylation is 4. The van der Waals surface area contributed by atoms with Crippen LogP contribution in [0.5, 0.6) is 0 Å². The number of imide groups is 1. The van der Waals surface area contributed by atoms with Crippen LogP contribution in [0.15, 0.2) is 36.4 Å². The first-order valence-electron chi connectivity index (χ1n) is 9.42. The monoisotopic (exact) mass is 377 g/mol. The summed E-state index contributed by atoms with van der Waals surface area (Å²) in [6.45, 7) is 5.54. The normalized spacial score (nSPS) is 20.5. The number of hydrogen-bond acceptors (Lipinski definition) is 3. The standard InChI is InChI=1S/C22H23N3O3/c1-13-10-14(2)19(15(3)11-13)23-18(26)12-25-20(27)22(24-21(25)28)9-8-16-6-4-5-7-17(16)22/h4-7,10-11H,8-9,12H2,1-3H3,(H,23,26)(H,24,28). The fraction of sp³-hybridized carbons (Fsp3) is 0.318. The number of anilines is 1. The molecule has 2 aliphatic rings. The molecule has 0 bridgehead atoms.